The first-order valence-corrected chi connectivity index (χ1v) is 8.72. The van der Waals surface area contributed by atoms with Gasteiger partial charge in [-0.15, -0.1) is 10.2 Å². The van der Waals surface area contributed by atoms with Gasteiger partial charge in [0, 0.05) is 33.4 Å². The molecule has 1 aromatic carbocycles. The van der Waals surface area contributed by atoms with Crippen molar-refractivity contribution in [3.05, 3.63) is 28.2 Å². The van der Waals surface area contributed by atoms with Crippen LogP contribution in [0.4, 0.5) is 0 Å². The van der Waals surface area contributed by atoms with Crippen molar-refractivity contribution in [2.75, 3.05) is 13.7 Å². The predicted octanol–water partition coefficient (Wildman–Crippen LogP) is 2.83. The zero-order valence-corrected chi connectivity index (χ0v) is 13.8. The van der Waals surface area contributed by atoms with Crippen LogP contribution in [0.1, 0.15) is 0 Å². The van der Waals surface area contributed by atoms with Crippen LogP contribution in [0, 0.1) is 0 Å². The number of ether oxygens (including phenoxy) is 1. The molecular weight excluding hydrogens is 361 g/mol. The molecule has 2 aromatic rings. The van der Waals surface area contributed by atoms with Gasteiger partial charge in [0.1, 0.15) is 0 Å². The molecule has 0 fully saturated rings. The summed E-state index contributed by atoms with van der Waals surface area (Å²) in [4.78, 5) is 0. The molecule has 6 nitrogen and oxygen atoms in total. The van der Waals surface area contributed by atoms with E-state index in [0.29, 0.717) is 15.6 Å². The highest BCUT2D eigenvalue weighted by Gasteiger charge is 2.23. The van der Waals surface area contributed by atoms with Gasteiger partial charge in [-0.2, -0.15) is 0 Å². The monoisotopic (exact) mass is 369 g/mol. The molecule has 0 aliphatic carbocycles. The first-order chi connectivity index (χ1) is 9.82. The summed E-state index contributed by atoms with van der Waals surface area (Å²) >= 11 is 11.9. The van der Waals surface area contributed by atoms with E-state index in [-0.39, 0.29) is 24.1 Å². The maximum absolute atomic E-state index is 11.5. The standard InChI is InChI=1S/C11H10Cl3N3O3S/c1-20-3-2-17-10(15-16-11(17)21(14,18)19)7-4-8(12)6-9(13)5-7/h4-6H,2-3H2,1H3. The van der Waals surface area contributed by atoms with Crippen molar-refractivity contribution in [2.45, 2.75) is 11.7 Å². The van der Waals surface area contributed by atoms with Gasteiger partial charge in [-0.1, -0.05) is 23.2 Å². The van der Waals surface area contributed by atoms with Crippen LogP contribution >= 0.6 is 33.9 Å². The van der Waals surface area contributed by atoms with E-state index in [0.717, 1.165) is 0 Å². The maximum Gasteiger partial charge on any atom is 0.296 e. The highest BCUT2D eigenvalue weighted by Crippen LogP contribution is 2.28. The average molecular weight is 371 g/mol. The Kier molecular flexibility index (Phi) is 5.11. The van der Waals surface area contributed by atoms with Crippen LogP contribution in [0.5, 0.6) is 0 Å². The molecule has 21 heavy (non-hydrogen) atoms. The Morgan fingerprint density at radius 1 is 1.19 bits per heavy atom. The van der Waals surface area contributed by atoms with Gasteiger partial charge in [0.25, 0.3) is 14.2 Å². The molecule has 0 amide bonds. The van der Waals surface area contributed by atoms with Crippen molar-refractivity contribution in [1.29, 1.82) is 0 Å². The van der Waals surface area contributed by atoms with Crippen molar-refractivity contribution in [3.63, 3.8) is 0 Å². The molecule has 0 saturated carbocycles. The summed E-state index contributed by atoms with van der Waals surface area (Å²) in [6.07, 6.45) is 0. The Morgan fingerprint density at radius 2 is 1.81 bits per heavy atom. The fraction of sp³-hybridized carbons (Fsp3) is 0.273. The fourth-order valence-electron chi connectivity index (χ4n) is 1.75. The van der Waals surface area contributed by atoms with E-state index in [4.69, 9.17) is 38.6 Å². The smallest absolute Gasteiger partial charge is 0.296 e. The second kappa shape index (κ2) is 6.50. The molecule has 2 rings (SSSR count). The molecule has 114 valence electrons. The van der Waals surface area contributed by atoms with E-state index < -0.39 is 9.05 Å². The van der Waals surface area contributed by atoms with Gasteiger partial charge in [0.15, 0.2) is 5.82 Å². The van der Waals surface area contributed by atoms with Crippen LogP contribution in [-0.4, -0.2) is 36.9 Å². The largest absolute Gasteiger partial charge is 0.383 e. The van der Waals surface area contributed by atoms with Crippen LogP contribution in [-0.2, 0) is 20.3 Å². The number of methoxy groups -OCH3 is 1. The van der Waals surface area contributed by atoms with Crippen molar-refractivity contribution >= 4 is 42.9 Å². The van der Waals surface area contributed by atoms with Gasteiger partial charge >= 0.3 is 0 Å². The number of aromatic nitrogens is 3. The molecule has 1 heterocycles. The minimum Gasteiger partial charge on any atom is -0.383 e. The number of hydrogen-bond acceptors (Lipinski definition) is 5. The van der Waals surface area contributed by atoms with Crippen molar-refractivity contribution < 1.29 is 13.2 Å². The van der Waals surface area contributed by atoms with E-state index in [9.17, 15) is 8.42 Å². The highest BCUT2D eigenvalue weighted by molar-refractivity contribution is 8.13. The van der Waals surface area contributed by atoms with Crippen LogP contribution < -0.4 is 0 Å². The third-order valence-electron chi connectivity index (χ3n) is 2.57. The first kappa shape index (κ1) is 16.5. The molecule has 0 N–H and O–H groups in total. The molecule has 0 saturated heterocycles. The summed E-state index contributed by atoms with van der Waals surface area (Å²) in [5, 5.41) is 7.93. The molecule has 0 radical (unpaired) electrons. The molecular formula is C11H10Cl3N3O3S. The Balaban J connectivity index is 2.60. The number of halogens is 3. The van der Waals surface area contributed by atoms with E-state index >= 15 is 0 Å². The van der Waals surface area contributed by atoms with Crippen LogP contribution in [0.3, 0.4) is 0 Å². The lowest BCUT2D eigenvalue weighted by molar-refractivity contribution is 0.185. The first-order valence-electron chi connectivity index (χ1n) is 5.66. The van der Waals surface area contributed by atoms with Crippen molar-refractivity contribution in [1.82, 2.24) is 14.8 Å². The van der Waals surface area contributed by atoms with Gasteiger partial charge in [-0.3, -0.25) is 4.57 Å². The van der Waals surface area contributed by atoms with Crippen molar-refractivity contribution in [2.24, 2.45) is 0 Å². The summed E-state index contributed by atoms with van der Waals surface area (Å²) in [5.74, 6) is 0.288. The Labute approximate surface area is 136 Å². The van der Waals surface area contributed by atoms with Crippen molar-refractivity contribution in [3.8, 4) is 11.4 Å². The molecule has 0 atom stereocenters. The summed E-state index contributed by atoms with van der Waals surface area (Å²) in [6, 6.07) is 4.76. The lowest BCUT2D eigenvalue weighted by Gasteiger charge is -2.09. The third-order valence-corrected chi connectivity index (χ3v) is 4.16. The van der Waals surface area contributed by atoms with Crippen LogP contribution in [0.25, 0.3) is 11.4 Å². The molecule has 1 aromatic heterocycles. The van der Waals surface area contributed by atoms with E-state index in [1.54, 1.807) is 18.2 Å². The number of rotatable bonds is 5. The van der Waals surface area contributed by atoms with Gasteiger partial charge in [0.05, 0.1) is 13.2 Å². The SMILES string of the molecule is COCCn1c(-c2cc(Cl)cc(Cl)c2)nnc1S(=O)(=O)Cl. The van der Waals surface area contributed by atoms with E-state index in [1.807, 2.05) is 0 Å². The van der Waals surface area contributed by atoms with Gasteiger partial charge in [-0.05, 0) is 18.2 Å². The third kappa shape index (κ3) is 3.87. The Morgan fingerprint density at radius 3 is 2.33 bits per heavy atom. The van der Waals surface area contributed by atoms with E-state index in [2.05, 4.69) is 10.2 Å². The van der Waals surface area contributed by atoms with E-state index in [1.165, 1.54) is 11.7 Å². The number of nitrogens with zero attached hydrogens (tertiary/aromatic N) is 3. The maximum atomic E-state index is 11.5. The van der Waals surface area contributed by atoms with Crippen LogP contribution in [0.2, 0.25) is 10.0 Å². The van der Waals surface area contributed by atoms with Gasteiger partial charge < -0.3 is 4.74 Å². The second-order valence-electron chi connectivity index (χ2n) is 4.05. The zero-order chi connectivity index (χ0) is 15.6. The minimum atomic E-state index is -4.03. The summed E-state index contributed by atoms with van der Waals surface area (Å²) in [6.45, 7) is 0.475. The Hall–Kier alpha value is -0.860. The predicted molar refractivity (Wildman–Crippen MR) is 80.4 cm³/mol. The Bertz CT molecular complexity index is 741. The summed E-state index contributed by atoms with van der Waals surface area (Å²) in [7, 11) is 2.83. The summed E-state index contributed by atoms with van der Waals surface area (Å²) < 4.78 is 29.4. The van der Waals surface area contributed by atoms with Crippen LogP contribution in [0.15, 0.2) is 23.4 Å². The topological polar surface area (TPSA) is 74.1 Å². The lowest BCUT2D eigenvalue weighted by Crippen LogP contribution is -2.11. The molecule has 0 unspecified atom stereocenters. The average Bonchev–Trinajstić information content (AvgIpc) is 2.78. The lowest BCUT2D eigenvalue weighted by atomic mass is 10.2. The van der Waals surface area contributed by atoms with Gasteiger partial charge in [0.2, 0.25) is 0 Å². The molecule has 0 bridgehead atoms. The number of hydrogen-bond donors (Lipinski definition) is 0. The second-order valence-corrected chi connectivity index (χ2v) is 7.38. The molecule has 0 aliphatic rings. The molecule has 0 spiro atoms. The van der Waals surface area contributed by atoms with Gasteiger partial charge in [-0.25, -0.2) is 8.42 Å². The number of benzene rings is 1. The normalized spacial score (nSPS) is 11.8. The quantitative estimate of drug-likeness (QED) is 0.757. The minimum absolute atomic E-state index is 0.213. The zero-order valence-electron chi connectivity index (χ0n) is 10.8. The fourth-order valence-corrected chi connectivity index (χ4v) is 3.20. The highest BCUT2D eigenvalue weighted by atomic mass is 35.7. The molecule has 0 aliphatic heterocycles. The molecule has 10 heteroatoms. The summed E-state index contributed by atoms with van der Waals surface area (Å²) in [5.41, 5.74) is 0.530.